The molecule has 0 N–H and O–H groups in total. The van der Waals surface area contributed by atoms with Gasteiger partial charge >= 0.3 is 0 Å². The average Bonchev–Trinajstić information content (AvgIpc) is 3.30. The predicted molar refractivity (Wildman–Crippen MR) is 145 cm³/mol. The monoisotopic (exact) mass is 502 g/mol. The summed E-state index contributed by atoms with van der Waals surface area (Å²) < 4.78 is 21.5. The van der Waals surface area contributed by atoms with Crippen LogP contribution < -0.4 is 0 Å². The van der Waals surface area contributed by atoms with Crippen LogP contribution in [-0.2, 0) is 17.8 Å². The van der Waals surface area contributed by atoms with Crippen LogP contribution in [0.4, 0.5) is 4.39 Å². The summed E-state index contributed by atoms with van der Waals surface area (Å²) in [6.07, 6.45) is 6.78. The maximum absolute atomic E-state index is 13.7. The van der Waals surface area contributed by atoms with Crippen LogP contribution in [0.1, 0.15) is 12.0 Å². The third-order valence-electron chi connectivity index (χ3n) is 6.49. The first-order valence-electron chi connectivity index (χ1n) is 12.4. The van der Waals surface area contributed by atoms with Gasteiger partial charge in [-0.3, -0.25) is 9.88 Å². The van der Waals surface area contributed by atoms with Crippen molar-refractivity contribution in [1.82, 2.24) is 19.4 Å². The number of morpholine rings is 1. The van der Waals surface area contributed by atoms with Crippen LogP contribution in [0, 0.1) is 5.82 Å². The van der Waals surface area contributed by atoms with Crippen LogP contribution in [0.2, 0.25) is 0 Å². The van der Waals surface area contributed by atoms with Gasteiger partial charge in [0.1, 0.15) is 11.6 Å². The Bertz CT molecular complexity index is 1250. The van der Waals surface area contributed by atoms with Crippen molar-refractivity contribution in [2.75, 3.05) is 38.3 Å². The Morgan fingerprint density at radius 2 is 1.58 bits per heavy atom. The number of hydrogen-bond donors (Lipinski definition) is 0. The van der Waals surface area contributed by atoms with Gasteiger partial charge in [0.25, 0.3) is 0 Å². The summed E-state index contributed by atoms with van der Waals surface area (Å²) in [6.45, 7) is 5.31. The van der Waals surface area contributed by atoms with Gasteiger partial charge in [0.2, 0.25) is 0 Å². The lowest BCUT2D eigenvalue weighted by atomic mass is 10.1. The predicted octanol–water partition coefficient (Wildman–Crippen LogP) is 6.00. The van der Waals surface area contributed by atoms with Crippen molar-refractivity contribution in [3.8, 4) is 33.9 Å². The molecule has 0 atom stereocenters. The Kier molecular flexibility index (Phi) is 8.11. The number of imidazole rings is 1. The van der Waals surface area contributed by atoms with E-state index in [0.717, 1.165) is 85.5 Å². The standard InChI is InChI=1S/C29H31FN4OS/c1-36-20-2-15-34-28(24-11-13-31-14-12-24)27(23-7-9-26(30)10-8-23)32-29(34)25-5-3-22(4-6-25)21-33-16-18-35-19-17-33/h3-14H,2,15-21H2,1H3. The summed E-state index contributed by atoms with van der Waals surface area (Å²) in [5, 5.41) is 0. The SMILES string of the molecule is CSCCCn1c(-c2ccc(CN3CCOCC3)cc2)nc(-c2ccc(F)cc2)c1-c1ccncc1. The molecule has 0 unspecified atom stereocenters. The van der Waals surface area contributed by atoms with Gasteiger partial charge in [0, 0.05) is 55.3 Å². The Balaban J connectivity index is 1.57. The first-order chi connectivity index (χ1) is 17.7. The van der Waals surface area contributed by atoms with E-state index in [4.69, 9.17) is 9.72 Å². The number of nitrogens with zero attached hydrogens (tertiary/aromatic N) is 4. The van der Waals surface area contributed by atoms with Gasteiger partial charge < -0.3 is 9.30 Å². The molecule has 36 heavy (non-hydrogen) atoms. The number of halogens is 1. The average molecular weight is 503 g/mol. The van der Waals surface area contributed by atoms with Crippen LogP contribution in [0.15, 0.2) is 73.1 Å². The molecule has 7 heteroatoms. The number of benzene rings is 2. The van der Waals surface area contributed by atoms with Crippen molar-refractivity contribution in [1.29, 1.82) is 0 Å². The van der Waals surface area contributed by atoms with Gasteiger partial charge in [-0.2, -0.15) is 11.8 Å². The molecule has 3 heterocycles. The summed E-state index contributed by atoms with van der Waals surface area (Å²) in [4.78, 5) is 11.8. The smallest absolute Gasteiger partial charge is 0.141 e. The highest BCUT2D eigenvalue weighted by Crippen LogP contribution is 2.36. The largest absolute Gasteiger partial charge is 0.379 e. The van der Waals surface area contributed by atoms with E-state index < -0.39 is 0 Å². The molecule has 2 aromatic carbocycles. The van der Waals surface area contributed by atoms with E-state index in [1.165, 1.54) is 17.7 Å². The van der Waals surface area contributed by atoms with Gasteiger partial charge in [-0.1, -0.05) is 24.3 Å². The van der Waals surface area contributed by atoms with E-state index in [0.29, 0.717) is 0 Å². The fourth-order valence-corrected chi connectivity index (χ4v) is 5.06. The molecule has 0 radical (unpaired) electrons. The van der Waals surface area contributed by atoms with Crippen LogP contribution in [0.5, 0.6) is 0 Å². The minimum atomic E-state index is -0.250. The second-order valence-electron chi connectivity index (χ2n) is 8.96. The number of pyridine rings is 1. The van der Waals surface area contributed by atoms with Crippen molar-refractivity contribution < 1.29 is 9.13 Å². The van der Waals surface area contributed by atoms with Crippen molar-refractivity contribution in [2.45, 2.75) is 19.5 Å². The maximum atomic E-state index is 13.7. The quantitative estimate of drug-likeness (QED) is 0.263. The van der Waals surface area contributed by atoms with Crippen molar-refractivity contribution in [3.63, 3.8) is 0 Å². The zero-order valence-corrected chi connectivity index (χ0v) is 21.4. The van der Waals surface area contributed by atoms with E-state index >= 15 is 0 Å². The van der Waals surface area contributed by atoms with Crippen molar-refractivity contribution >= 4 is 11.8 Å². The molecule has 186 valence electrons. The van der Waals surface area contributed by atoms with Crippen LogP contribution in [-0.4, -0.2) is 57.7 Å². The molecule has 0 spiro atoms. The van der Waals surface area contributed by atoms with Gasteiger partial charge in [-0.25, -0.2) is 9.37 Å². The lowest BCUT2D eigenvalue weighted by Gasteiger charge is -2.26. The number of rotatable bonds is 9. The molecule has 2 aromatic heterocycles. The number of hydrogen-bond acceptors (Lipinski definition) is 5. The Morgan fingerprint density at radius 1 is 0.889 bits per heavy atom. The molecule has 1 aliphatic heterocycles. The zero-order chi connectivity index (χ0) is 24.7. The van der Waals surface area contributed by atoms with E-state index in [1.54, 1.807) is 0 Å². The minimum absolute atomic E-state index is 0.250. The van der Waals surface area contributed by atoms with Gasteiger partial charge in [-0.05, 0) is 60.4 Å². The minimum Gasteiger partial charge on any atom is -0.379 e. The molecule has 5 nitrogen and oxygen atoms in total. The lowest BCUT2D eigenvalue weighted by Crippen LogP contribution is -2.35. The molecular formula is C29H31FN4OS. The third-order valence-corrected chi connectivity index (χ3v) is 7.19. The summed E-state index contributed by atoms with van der Waals surface area (Å²) in [5.41, 5.74) is 6.21. The summed E-state index contributed by atoms with van der Waals surface area (Å²) in [6, 6.07) is 19.4. The van der Waals surface area contributed by atoms with Gasteiger partial charge in [0.15, 0.2) is 0 Å². The topological polar surface area (TPSA) is 43.2 Å². The number of ether oxygens (including phenoxy) is 1. The molecule has 0 bridgehead atoms. The molecule has 0 amide bonds. The van der Waals surface area contributed by atoms with E-state index in [-0.39, 0.29) is 5.82 Å². The first-order valence-corrected chi connectivity index (χ1v) is 13.8. The number of thioether (sulfide) groups is 1. The number of aromatic nitrogens is 3. The lowest BCUT2D eigenvalue weighted by molar-refractivity contribution is 0.0342. The highest BCUT2D eigenvalue weighted by atomic mass is 32.2. The zero-order valence-electron chi connectivity index (χ0n) is 20.6. The molecule has 0 aliphatic carbocycles. The van der Waals surface area contributed by atoms with Gasteiger partial charge in [0.05, 0.1) is 24.6 Å². The molecule has 1 saturated heterocycles. The highest BCUT2D eigenvalue weighted by molar-refractivity contribution is 7.98. The first kappa shape index (κ1) is 24.7. The fourth-order valence-electron chi connectivity index (χ4n) is 4.65. The summed E-state index contributed by atoms with van der Waals surface area (Å²) in [5.74, 6) is 1.75. The summed E-state index contributed by atoms with van der Waals surface area (Å²) >= 11 is 1.85. The highest BCUT2D eigenvalue weighted by Gasteiger charge is 2.21. The third kappa shape index (κ3) is 5.69. The molecule has 1 fully saturated rings. The van der Waals surface area contributed by atoms with Crippen molar-refractivity contribution in [3.05, 3.63) is 84.4 Å². The maximum Gasteiger partial charge on any atom is 0.141 e. The van der Waals surface area contributed by atoms with Gasteiger partial charge in [-0.15, -0.1) is 0 Å². The Hall–Kier alpha value is -3.00. The van der Waals surface area contributed by atoms with Crippen LogP contribution in [0.3, 0.4) is 0 Å². The molecule has 4 aromatic rings. The molecule has 1 aliphatic rings. The van der Waals surface area contributed by atoms with E-state index in [2.05, 4.69) is 45.0 Å². The molecule has 5 rings (SSSR count). The van der Waals surface area contributed by atoms with Crippen LogP contribution >= 0.6 is 11.8 Å². The normalized spacial score (nSPS) is 14.3. The van der Waals surface area contributed by atoms with Crippen molar-refractivity contribution in [2.24, 2.45) is 0 Å². The Morgan fingerprint density at radius 3 is 2.28 bits per heavy atom. The fraction of sp³-hybridized carbons (Fsp3) is 0.310. The molecule has 0 saturated carbocycles. The summed E-state index contributed by atoms with van der Waals surface area (Å²) in [7, 11) is 0. The second-order valence-corrected chi connectivity index (χ2v) is 9.94. The van der Waals surface area contributed by atoms with E-state index in [1.807, 2.05) is 48.4 Å². The van der Waals surface area contributed by atoms with E-state index in [9.17, 15) is 4.39 Å². The molecular weight excluding hydrogens is 471 g/mol. The Labute approximate surface area is 216 Å². The second kappa shape index (κ2) is 11.8. The van der Waals surface area contributed by atoms with Crippen LogP contribution in [0.25, 0.3) is 33.9 Å².